The van der Waals surface area contributed by atoms with Crippen molar-refractivity contribution in [3.8, 4) is 5.75 Å². The van der Waals surface area contributed by atoms with E-state index in [0.29, 0.717) is 30.2 Å². The summed E-state index contributed by atoms with van der Waals surface area (Å²) in [6, 6.07) is 5.32. The van der Waals surface area contributed by atoms with Crippen molar-refractivity contribution in [2.24, 2.45) is 22.2 Å². The van der Waals surface area contributed by atoms with Gasteiger partial charge in [-0.2, -0.15) is 0 Å². The van der Waals surface area contributed by atoms with Gasteiger partial charge in [-0.15, -0.1) is 0 Å². The highest BCUT2D eigenvalue weighted by atomic mass is 79.9. The fourth-order valence-corrected chi connectivity index (χ4v) is 3.12. The number of rotatable bonds is 4. The summed E-state index contributed by atoms with van der Waals surface area (Å²) < 4.78 is 6.05. The van der Waals surface area contributed by atoms with Crippen LogP contribution >= 0.6 is 15.9 Å². The van der Waals surface area contributed by atoms with Gasteiger partial charge < -0.3 is 21.0 Å². The number of halogens is 1. The highest BCUT2D eigenvalue weighted by Gasteiger charge is 2.52. The number of oxime groups is 1. The molecule has 0 unspecified atom stereocenters. The van der Waals surface area contributed by atoms with Crippen LogP contribution in [-0.2, 0) is 4.79 Å². The Balaban J connectivity index is 2.27. The summed E-state index contributed by atoms with van der Waals surface area (Å²) in [5, 5.41) is 14.8. The molecule has 7 heteroatoms. The van der Waals surface area contributed by atoms with Gasteiger partial charge in [0.05, 0.1) is 12.8 Å². The molecule has 114 valence electrons. The molecule has 0 spiro atoms. The Morgan fingerprint density at radius 1 is 1.57 bits per heavy atom. The van der Waals surface area contributed by atoms with Gasteiger partial charge in [0.25, 0.3) is 0 Å². The first kappa shape index (κ1) is 15.6. The van der Waals surface area contributed by atoms with E-state index in [1.807, 2.05) is 13.0 Å². The van der Waals surface area contributed by atoms with Gasteiger partial charge in [0.2, 0.25) is 5.91 Å². The number of anilines is 1. The van der Waals surface area contributed by atoms with Gasteiger partial charge in [-0.1, -0.05) is 28.0 Å². The minimum Gasteiger partial charge on any atom is -0.495 e. The quantitative estimate of drug-likeness (QED) is 0.334. The molecule has 1 amide bonds. The fourth-order valence-electron chi connectivity index (χ4n) is 2.76. The Labute approximate surface area is 131 Å². The van der Waals surface area contributed by atoms with E-state index in [9.17, 15) is 4.79 Å². The van der Waals surface area contributed by atoms with Crippen molar-refractivity contribution in [2.45, 2.75) is 19.8 Å². The molecule has 1 fully saturated rings. The van der Waals surface area contributed by atoms with Gasteiger partial charge in [-0.05, 0) is 37.0 Å². The van der Waals surface area contributed by atoms with Crippen molar-refractivity contribution in [3.63, 3.8) is 0 Å². The molecule has 0 radical (unpaired) electrons. The van der Waals surface area contributed by atoms with Gasteiger partial charge in [0, 0.05) is 4.47 Å². The number of methoxy groups -OCH3 is 1. The minimum absolute atomic E-state index is 0.0490. The molecule has 0 heterocycles. The van der Waals surface area contributed by atoms with E-state index in [1.54, 1.807) is 12.1 Å². The van der Waals surface area contributed by atoms with Crippen LogP contribution in [0.25, 0.3) is 0 Å². The summed E-state index contributed by atoms with van der Waals surface area (Å²) in [7, 11) is 1.53. The van der Waals surface area contributed by atoms with E-state index in [-0.39, 0.29) is 11.7 Å². The third-order valence-corrected chi connectivity index (χ3v) is 4.33. The van der Waals surface area contributed by atoms with Crippen molar-refractivity contribution < 1.29 is 14.7 Å². The predicted molar refractivity (Wildman–Crippen MR) is 83.6 cm³/mol. The monoisotopic (exact) mass is 355 g/mol. The summed E-state index contributed by atoms with van der Waals surface area (Å²) in [6.45, 7) is 2.02. The molecule has 0 aromatic heterocycles. The molecule has 0 aliphatic heterocycles. The molecule has 2 rings (SSSR count). The fraction of sp³-hybridized carbons (Fsp3) is 0.429. The van der Waals surface area contributed by atoms with E-state index in [4.69, 9.17) is 15.7 Å². The molecule has 4 N–H and O–H groups in total. The number of benzene rings is 1. The summed E-state index contributed by atoms with van der Waals surface area (Å²) in [4.78, 5) is 12.6. The SMILES string of the molecule is COc1ccc(Br)cc1NC(=O)C1(/C(N)=N/O)CC(C)C1. The number of carbonyl (C=O) groups excluding carboxylic acids is 1. The molecule has 1 aromatic carbocycles. The average molecular weight is 356 g/mol. The van der Waals surface area contributed by atoms with Crippen LogP contribution in [0.3, 0.4) is 0 Å². The van der Waals surface area contributed by atoms with Gasteiger partial charge in [0.15, 0.2) is 5.84 Å². The Morgan fingerprint density at radius 3 is 2.76 bits per heavy atom. The van der Waals surface area contributed by atoms with E-state index >= 15 is 0 Å². The second kappa shape index (κ2) is 5.93. The molecule has 1 aliphatic rings. The number of amidine groups is 1. The molecule has 0 atom stereocenters. The number of nitrogens with zero attached hydrogens (tertiary/aromatic N) is 1. The zero-order valence-electron chi connectivity index (χ0n) is 11.9. The molecule has 0 bridgehead atoms. The van der Waals surface area contributed by atoms with Gasteiger partial charge >= 0.3 is 0 Å². The number of carbonyl (C=O) groups is 1. The molecule has 21 heavy (non-hydrogen) atoms. The Bertz CT molecular complexity index is 583. The van der Waals surface area contributed by atoms with Crippen LogP contribution in [0.15, 0.2) is 27.8 Å². The number of ether oxygens (including phenoxy) is 1. The van der Waals surface area contributed by atoms with Crippen molar-refractivity contribution in [2.75, 3.05) is 12.4 Å². The molecule has 0 saturated heterocycles. The standard InChI is InChI=1S/C14H18BrN3O3/c1-8-6-14(7-8,12(16)18-20)13(19)17-10-5-9(15)3-4-11(10)21-2/h3-5,8,20H,6-7H2,1-2H3,(H2,16,18)(H,17,19). The highest BCUT2D eigenvalue weighted by Crippen LogP contribution is 2.46. The van der Waals surface area contributed by atoms with Crippen LogP contribution in [0.5, 0.6) is 5.75 Å². The lowest BCUT2D eigenvalue weighted by Crippen LogP contribution is -2.54. The Morgan fingerprint density at radius 2 is 2.24 bits per heavy atom. The van der Waals surface area contributed by atoms with E-state index in [1.165, 1.54) is 7.11 Å². The second-order valence-corrected chi connectivity index (χ2v) is 6.30. The van der Waals surface area contributed by atoms with Crippen LogP contribution in [-0.4, -0.2) is 24.1 Å². The van der Waals surface area contributed by atoms with Gasteiger partial charge in [-0.25, -0.2) is 0 Å². The van der Waals surface area contributed by atoms with E-state index in [0.717, 1.165) is 4.47 Å². The zero-order valence-corrected chi connectivity index (χ0v) is 13.5. The second-order valence-electron chi connectivity index (χ2n) is 5.38. The largest absolute Gasteiger partial charge is 0.495 e. The van der Waals surface area contributed by atoms with Crippen molar-refractivity contribution in [1.82, 2.24) is 0 Å². The van der Waals surface area contributed by atoms with Crippen molar-refractivity contribution >= 4 is 33.4 Å². The lowest BCUT2D eigenvalue weighted by Gasteiger charge is -2.43. The highest BCUT2D eigenvalue weighted by molar-refractivity contribution is 9.10. The van der Waals surface area contributed by atoms with Crippen LogP contribution in [0.2, 0.25) is 0 Å². The van der Waals surface area contributed by atoms with Crippen LogP contribution < -0.4 is 15.8 Å². The zero-order chi connectivity index (χ0) is 15.6. The molecule has 6 nitrogen and oxygen atoms in total. The first-order chi connectivity index (χ1) is 9.92. The van der Waals surface area contributed by atoms with Crippen molar-refractivity contribution in [3.05, 3.63) is 22.7 Å². The molecule has 1 aliphatic carbocycles. The van der Waals surface area contributed by atoms with Crippen LogP contribution in [0, 0.1) is 11.3 Å². The minimum atomic E-state index is -0.943. The predicted octanol–water partition coefficient (Wildman–Crippen LogP) is 2.56. The number of nitrogens with two attached hydrogens (primary N) is 1. The third kappa shape index (κ3) is 2.83. The van der Waals surface area contributed by atoms with E-state index in [2.05, 4.69) is 26.4 Å². The lowest BCUT2D eigenvalue weighted by molar-refractivity contribution is -0.127. The van der Waals surface area contributed by atoms with Gasteiger partial charge in [0.1, 0.15) is 11.2 Å². The lowest BCUT2D eigenvalue weighted by atomic mass is 9.61. The number of nitrogens with one attached hydrogen (secondary N) is 1. The molecule has 1 aromatic rings. The molecular formula is C14H18BrN3O3. The number of hydrogen-bond acceptors (Lipinski definition) is 4. The average Bonchev–Trinajstić information content (AvgIpc) is 2.43. The molecular weight excluding hydrogens is 338 g/mol. The molecule has 1 saturated carbocycles. The maximum absolute atomic E-state index is 12.6. The first-order valence-corrected chi connectivity index (χ1v) is 7.35. The topological polar surface area (TPSA) is 96.9 Å². The Kier molecular flexibility index (Phi) is 4.41. The summed E-state index contributed by atoms with van der Waals surface area (Å²) in [5.74, 6) is 0.577. The number of hydrogen-bond donors (Lipinski definition) is 3. The summed E-state index contributed by atoms with van der Waals surface area (Å²) in [5.41, 5.74) is 5.33. The third-order valence-electron chi connectivity index (χ3n) is 3.84. The first-order valence-electron chi connectivity index (χ1n) is 6.56. The summed E-state index contributed by atoms with van der Waals surface area (Å²) in [6.07, 6.45) is 1.12. The van der Waals surface area contributed by atoms with Crippen LogP contribution in [0.1, 0.15) is 19.8 Å². The smallest absolute Gasteiger partial charge is 0.238 e. The van der Waals surface area contributed by atoms with E-state index < -0.39 is 5.41 Å². The maximum Gasteiger partial charge on any atom is 0.238 e. The van der Waals surface area contributed by atoms with Gasteiger partial charge in [-0.3, -0.25) is 4.79 Å². The maximum atomic E-state index is 12.6. The summed E-state index contributed by atoms with van der Waals surface area (Å²) >= 11 is 3.35. The van der Waals surface area contributed by atoms with Crippen LogP contribution in [0.4, 0.5) is 5.69 Å². The normalized spacial score (nSPS) is 25.1. The number of amides is 1. The Hall–Kier alpha value is -1.76. The van der Waals surface area contributed by atoms with Crippen molar-refractivity contribution in [1.29, 1.82) is 0 Å².